The molecule has 1 saturated heterocycles. The zero-order chi connectivity index (χ0) is 19.5. The van der Waals surface area contributed by atoms with E-state index in [9.17, 15) is 4.79 Å². The minimum Gasteiger partial charge on any atom is -0.338 e. The van der Waals surface area contributed by atoms with Crippen molar-refractivity contribution in [2.75, 3.05) is 26.2 Å². The van der Waals surface area contributed by atoms with Gasteiger partial charge in [0.05, 0.1) is 11.3 Å². The fraction of sp³-hybridized carbons (Fsp3) is 0.545. The maximum absolute atomic E-state index is 13.1. The lowest BCUT2D eigenvalue weighted by molar-refractivity contribution is 0.0677. The van der Waals surface area contributed by atoms with Crippen LogP contribution in [0.4, 0.5) is 0 Å². The Morgan fingerprint density at radius 3 is 3.00 bits per heavy atom. The predicted octanol–water partition coefficient (Wildman–Crippen LogP) is 3.07. The van der Waals surface area contributed by atoms with Crippen molar-refractivity contribution in [1.29, 1.82) is 0 Å². The molecule has 150 valence electrons. The number of thiophene rings is 1. The van der Waals surface area contributed by atoms with E-state index >= 15 is 0 Å². The smallest absolute Gasteiger partial charge is 0.254 e. The molecule has 4 heterocycles. The minimum absolute atomic E-state index is 0.209. The van der Waals surface area contributed by atoms with Gasteiger partial charge in [0.2, 0.25) is 0 Å². The number of pyridine rings is 1. The van der Waals surface area contributed by atoms with Crippen LogP contribution in [0.15, 0.2) is 23.7 Å². The van der Waals surface area contributed by atoms with Crippen LogP contribution >= 0.6 is 11.3 Å². The molecule has 2 aliphatic heterocycles. The molecule has 2 N–H and O–H groups in total. The van der Waals surface area contributed by atoms with E-state index in [1.165, 1.54) is 16.0 Å². The SMILES string of the molecule is CCc1ccc(CN2CCc3c(C(=O)N4CCC[C@H](CN)C4)csc3C2)nc1. The first kappa shape index (κ1) is 19.6. The van der Waals surface area contributed by atoms with Crippen molar-refractivity contribution in [2.24, 2.45) is 11.7 Å². The molecule has 0 unspecified atom stereocenters. The third-order valence-corrected chi connectivity index (χ3v) is 7.09. The number of amides is 1. The molecule has 0 aromatic carbocycles. The zero-order valence-electron chi connectivity index (χ0n) is 16.7. The third kappa shape index (κ3) is 4.14. The summed E-state index contributed by atoms with van der Waals surface area (Å²) in [5.74, 6) is 0.662. The molecule has 2 aromatic rings. The van der Waals surface area contributed by atoms with Crippen LogP contribution in [-0.4, -0.2) is 46.9 Å². The zero-order valence-corrected chi connectivity index (χ0v) is 17.5. The summed E-state index contributed by atoms with van der Waals surface area (Å²) in [7, 11) is 0. The second-order valence-corrected chi connectivity index (χ2v) is 8.98. The Morgan fingerprint density at radius 2 is 2.25 bits per heavy atom. The van der Waals surface area contributed by atoms with E-state index in [1.54, 1.807) is 11.3 Å². The Kier molecular flexibility index (Phi) is 6.09. The number of hydrogen-bond acceptors (Lipinski definition) is 5. The molecular weight excluding hydrogens is 368 g/mol. The number of aryl methyl sites for hydroxylation is 1. The van der Waals surface area contributed by atoms with Gasteiger partial charge in [0.25, 0.3) is 5.91 Å². The predicted molar refractivity (Wildman–Crippen MR) is 113 cm³/mol. The normalized spacial score (nSPS) is 20.2. The summed E-state index contributed by atoms with van der Waals surface area (Å²) < 4.78 is 0. The van der Waals surface area contributed by atoms with Crippen molar-refractivity contribution in [3.05, 3.63) is 51.0 Å². The highest BCUT2D eigenvalue weighted by Crippen LogP contribution is 2.31. The number of carbonyl (C=O) groups is 1. The van der Waals surface area contributed by atoms with Gasteiger partial charge in [-0.2, -0.15) is 0 Å². The van der Waals surface area contributed by atoms with Crippen molar-refractivity contribution in [2.45, 2.75) is 45.7 Å². The van der Waals surface area contributed by atoms with Crippen LogP contribution in [0.3, 0.4) is 0 Å². The van der Waals surface area contributed by atoms with E-state index in [0.29, 0.717) is 12.5 Å². The second kappa shape index (κ2) is 8.72. The van der Waals surface area contributed by atoms with E-state index in [-0.39, 0.29) is 5.91 Å². The largest absolute Gasteiger partial charge is 0.338 e. The lowest BCUT2D eigenvalue weighted by Crippen LogP contribution is -2.42. The van der Waals surface area contributed by atoms with Gasteiger partial charge in [-0.25, -0.2) is 0 Å². The number of piperidine rings is 1. The highest BCUT2D eigenvalue weighted by atomic mass is 32.1. The van der Waals surface area contributed by atoms with E-state index < -0.39 is 0 Å². The fourth-order valence-corrected chi connectivity index (χ4v) is 5.41. The van der Waals surface area contributed by atoms with Gasteiger partial charge in [-0.15, -0.1) is 11.3 Å². The molecule has 1 fully saturated rings. The monoisotopic (exact) mass is 398 g/mol. The number of hydrogen-bond donors (Lipinski definition) is 1. The van der Waals surface area contributed by atoms with Crippen molar-refractivity contribution in [3.8, 4) is 0 Å². The molecule has 6 heteroatoms. The summed E-state index contributed by atoms with van der Waals surface area (Å²) >= 11 is 1.74. The minimum atomic E-state index is 0.209. The topological polar surface area (TPSA) is 62.5 Å². The molecule has 2 aromatic heterocycles. The van der Waals surface area contributed by atoms with Crippen molar-refractivity contribution in [1.82, 2.24) is 14.8 Å². The Balaban J connectivity index is 1.42. The van der Waals surface area contributed by atoms with Crippen molar-refractivity contribution >= 4 is 17.2 Å². The number of fused-ring (bicyclic) bond motifs is 1. The summed E-state index contributed by atoms with van der Waals surface area (Å²) in [6.45, 7) is 7.26. The number of aromatic nitrogens is 1. The average Bonchev–Trinajstić information content (AvgIpc) is 3.17. The van der Waals surface area contributed by atoms with Gasteiger partial charge in [0.15, 0.2) is 0 Å². The first-order valence-corrected chi connectivity index (χ1v) is 11.3. The van der Waals surface area contributed by atoms with Crippen LogP contribution in [-0.2, 0) is 25.9 Å². The molecule has 0 aliphatic carbocycles. The number of rotatable bonds is 5. The molecule has 5 nitrogen and oxygen atoms in total. The second-order valence-electron chi connectivity index (χ2n) is 8.02. The third-order valence-electron chi connectivity index (χ3n) is 6.08. The van der Waals surface area contributed by atoms with Crippen LogP contribution in [0.1, 0.15) is 51.8 Å². The molecular formula is C22H30N4OS. The first-order chi connectivity index (χ1) is 13.7. The summed E-state index contributed by atoms with van der Waals surface area (Å²) in [4.78, 5) is 23.5. The van der Waals surface area contributed by atoms with Crippen LogP contribution in [0.2, 0.25) is 0 Å². The highest BCUT2D eigenvalue weighted by molar-refractivity contribution is 7.10. The molecule has 4 rings (SSSR count). The molecule has 0 radical (unpaired) electrons. The Labute approximate surface area is 171 Å². The van der Waals surface area contributed by atoms with E-state index in [4.69, 9.17) is 5.73 Å². The van der Waals surface area contributed by atoms with Crippen LogP contribution < -0.4 is 5.73 Å². The average molecular weight is 399 g/mol. The standard InChI is InChI=1S/C22H30N4OS/c1-2-16-5-6-18(24-11-16)13-25-9-7-19-20(15-28-21(19)14-25)22(27)26-8-3-4-17(10-23)12-26/h5-6,11,15,17H,2-4,7-10,12-14,23H2,1H3/t17-/m1/s1. The molecule has 0 bridgehead atoms. The van der Waals surface area contributed by atoms with Crippen LogP contribution in [0.5, 0.6) is 0 Å². The Hall–Kier alpha value is -1.76. The molecule has 0 saturated carbocycles. The van der Waals surface area contributed by atoms with Gasteiger partial charge in [0.1, 0.15) is 0 Å². The van der Waals surface area contributed by atoms with Gasteiger partial charge in [-0.05, 0) is 55.3 Å². The van der Waals surface area contributed by atoms with Gasteiger partial charge in [0, 0.05) is 49.2 Å². The molecule has 0 spiro atoms. The molecule has 1 atom stereocenters. The maximum atomic E-state index is 13.1. The molecule has 28 heavy (non-hydrogen) atoms. The summed E-state index contributed by atoms with van der Waals surface area (Å²) in [5, 5.41) is 2.08. The maximum Gasteiger partial charge on any atom is 0.254 e. The van der Waals surface area contributed by atoms with Gasteiger partial charge >= 0.3 is 0 Å². The Morgan fingerprint density at radius 1 is 1.36 bits per heavy atom. The van der Waals surface area contributed by atoms with E-state index in [2.05, 4.69) is 34.3 Å². The lowest BCUT2D eigenvalue weighted by Gasteiger charge is -2.33. The van der Waals surface area contributed by atoms with Gasteiger partial charge < -0.3 is 10.6 Å². The first-order valence-electron chi connectivity index (χ1n) is 10.4. The number of nitrogens with zero attached hydrogens (tertiary/aromatic N) is 3. The summed E-state index contributed by atoms with van der Waals surface area (Å²) in [5.41, 5.74) is 10.4. The van der Waals surface area contributed by atoms with Crippen LogP contribution in [0, 0.1) is 5.92 Å². The number of carbonyl (C=O) groups excluding carboxylic acids is 1. The van der Waals surface area contributed by atoms with Crippen molar-refractivity contribution in [3.63, 3.8) is 0 Å². The number of likely N-dealkylation sites (tertiary alicyclic amines) is 1. The van der Waals surface area contributed by atoms with E-state index in [1.807, 2.05) is 11.1 Å². The fourth-order valence-electron chi connectivity index (χ4n) is 4.29. The van der Waals surface area contributed by atoms with Gasteiger partial charge in [-0.1, -0.05) is 13.0 Å². The molecule has 1 amide bonds. The number of nitrogens with two attached hydrogens (primary N) is 1. The summed E-state index contributed by atoms with van der Waals surface area (Å²) in [6, 6.07) is 4.31. The quantitative estimate of drug-likeness (QED) is 0.841. The van der Waals surface area contributed by atoms with Crippen molar-refractivity contribution < 1.29 is 4.79 Å². The summed E-state index contributed by atoms with van der Waals surface area (Å²) in [6.07, 6.45) is 6.16. The van der Waals surface area contributed by atoms with Gasteiger partial charge in [-0.3, -0.25) is 14.7 Å². The van der Waals surface area contributed by atoms with E-state index in [0.717, 1.165) is 69.7 Å². The highest BCUT2D eigenvalue weighted by Gasteiger charge is 2.29. The molecule has 2 aliphatic rings. The van der Waals surface area contributed by atoms with Crippen LogP contribution in [0.25, 0.3) is 0 Å². The lowest BCUT2D eigenvalue weighted by atomic mass is 9.96. The Bertz CT molecular complexity index is 816.